The predicted octanol–water partition coefficient (Wildman–Crippen LogP) is 3.17. The fourth-order valence-electron chi connectivity index (χ4n) is 1.68. The van der Waals surface area contributed by atoms with Gasteiger partial charge in [-0.25, -0.2) is 13.8 Å². The van der Waals surface area contributed by atoms with Crippen LogP contribution in [0.5, 0.6) is 11.6 Å². The van der Waals surface area contributed by atoms with E-state index < -0.39 is 11.6 Å². The summed E-state index contributed by atoms with van der Waals surface area (Å²) in [7, 11) is 0. The third kappa shape index (κ3) is 3.48. The summed E-state index contributed by atoms with van der Waals surface area (Å²) in [6.07, 6.45) is 0.724. The molecule has 0 aliphatic heterocycles. The van der Waals surface area contributed by atoms with Crippen molar-refractivity contribution in [1.82, 2.24) is 4.98 Å². The average molecular weight is 264 g/mol. The number of aromatic nitrogens is 1. The van der Waals surface area contributed by atoms with Crippen molar-refractivity contribution in [3.63, 3.8) is 0 Å². The maximum atomic E-state index is 13.1. The fourth-order valence-corrected chi connectivity index (χ4v) is 1.68. The first kappa shape index (κ1) is 13.4. The molecule has 0 aliphatic carbocycles. The molecular weight excluding hydrogens is 250 g/mol. The molecule has 2 aromatic rings. The Balaban J connectivity index is 2.31. The highest BCUT2D eigenvalue weighted by atomic mass is 19.1. The van der Waals surface area contributed by atoms with Gasteiger partial charge in [-0.3, -0.25) is 0 Å². The lowest BCUT2D eigenvalue weighted by atomic mass is 10.2. The van der Waals surface area contributed by atoms with Crippen LogP contribution in [0.25, 0.3) is 0 Å². The van der Waals surface area contributed by atoms with Crippen molar-refractivity contribution in [2.75, 3.05) is 0 Å². The van der Waals surface area contributed by atoms with Crippen LogP contribution in [0, 0.1) is 11.6 Å². The van der Waals surface area contributed by atoms with Crippen molar-refractivity contribution in [3.8, 4) is 11.6 Å². The summed E-state index contributed by atoms with van der Waals surface area (Å²) in [5.41, 5.74) is 7.26. The Kier molecular flexibility index (Phi) is 4.06. The summed E-state index contributed by atoms with van der Waals surface area (Å²) in [4.78, 5) is 4.23. The van der Waals surface area contributed by atoms with Crippen molar-refractivity contribution < 1.29 is 13.5 Å². The maximum absolute atomic E-state index is 13.1. The van der Waals surface area contributed by atoms with Crippen molar-refractivity contribution >= 4 is 0 Å². The Morgan fingerprint density at radius 1 is 1.11 bits per heavy atom. The molecule has 1 heterocycles. The molecule has 2 N–H and O–H groups in total. The second-order valence-corrected chi connectivity index (χ2v) is 4.07. The van der Waals surface area contributed by atoms with E-state index in [0.717, 1.165) is 35.9 Å². The van der Waals surface area contributed by atoms with Gasteiger partial charge in [0, 0.05) is 36.5 Å². The Labute approximate surface area is 110 Å². The second-order valence-electron chi connectivity index (χ2n) is 4.07. The van der Waals surface area contributed by atoms with Gasteiger partial charge in [0.1, 0.15) is 17.4 Å². The number of nitrogens with two attached hydrogens (primary N) is 1. The van der Waals surface area contributed by atoms with Crippen LogP contribution in [0.1, 0.15) is 18.2 Å². The summed E-state index contributed by atoms with van der Waals surface area (Å²) in [5, 5.41) is 0. The molecule has 0 spiro atoms. The summed E-state index contributed by atoms with van der Waals surface area (Å²) >= 11 is 0. The van der Waals surface area contributed by atoms with E-state index in [9.17, 15) is 8.78 Å². The smallest absolute Gasteiger partial charge is 0.219 e. The zero-order valence-corrected chi connectivity index (χ0v) is 10.5. The van der Waals surface area contributed by atoms with Gasteiger partial charge in [-0.15, -0.1) is 0 Å². The van der Waals surface area contributed by atoms with Gasteiger partial charge in [-0.05, 0) is 18.1 Å². The number of hydrogen-bond donors (Lipinski definition) is 1. The number of rotatable bonds is 4. The third-order valence-corrected chi connectivity index (χ3v) is 2.57. The normalized spacial score (nSPS) is 10.5. The summed E-state index contributed by atoms with van der Waals surface area (Å²) in [6, 6.07) is 6.52. The van der Waals surface area contributed by atoms with Crippen molar-refractivity contribution in [2.45, 2.75) is 19.9 Å². The maximum Gasteiger partial charge on any atom is 0.219 e. The molecule has 2 rings (SSSR count). The van der Waals surface area contributed by atoms with E-state index in [2.05, 4.69) is 4.98 Å². The quantitative estimate of drug-likeness (QED) is 0.922. The molecule has 0 saturated heterocycles. The number of ether oxygens (including phenoxy) is 1. The number of aryl methyl sites for hydroxylation is 1. The number of nitrogens with zero attached hydrogens (tertiary/aromatic N) is 1. The van der Waals surface area contributed by atoms with E-state index in [1.54, 1.807) is 6.07 Å². The Morgan fingerprint density at radius 2 is 1.79 bits per heavy atom. The van der Waals surface area contributed by atoms with Gasteiger partial charge in [-0.2, -0.15) is 0 Å². The van der Waals surface area contributed by atoms with Gasteiger partial charge >= 0.3 is 0 Å². The zero-order valence-electron chi connectivity index (χ0n) is 10.5. The predicted molar refractivity (Wildman–Crippen MR) is 67.9 cm³/mol. The van der Waals surface area contributed by atoms with Crippen LogP contribution in [0.4, 0.5) is 8.78 Å². The molecule has 0 bridgehead atoms. The first-order valence-electron chi connectivity index (χ1n) is 5.94. The monoisotopic (exact) mass is 264 g/mol. The molecule has 19 heavy (non-hydrogen) atoms. The van der Waals surface area contributed by atoms with Crippen LogP contribution < -0.4 is 10.5 Å². The minimum absolute atomic E-state index is 0.0706. The van der Waals surface area contributed by atoms with Crippen LogP contribution >= 0.6 is 0 Å². The van der Waals surface area contributed by atoms with Gasteiger partial charge in [0.15, 0.2) is 0 Å². The SMILES string of the molecule is CCc1cc(CN)cc(Oc2cc(F)cc(F)c2)n1. The van der Waals surface area contributed by atoms with E-state index in [4.69, 9.17) is 10.5 Å². The van der Waals surface area contributed by atoms with Gasteiger partial charge < -0.3 is 10.5 Å². The van der Waals surface area contributed by atoms with Crippen molar-refractivity contribution in [3.05, 3.63) is 53.2 Å². The van der Waals surface area contributed by atoms with E-state index in [1.807, 2.05) is 13.0 Å². The van der Waals surface area contributed by atoms with E-state index in [0.29, 0.717) is 6.54 Å². The Bertz CT molecular complexity index is 545. The Hall–Kier alpha value is -2.01. The van der Waals surface area contributed by atoms with Crippen LogP contribution in [-0.4, -0.2) is 4.98 Å². The Morgan fingerprint density at radius 3 is 2.37 bits per heavy atom. The number of halogens is 2. The first-order valence-corrected chi connectivity index (χ1v) is 5.94. The van der Waals surface area contributed by atoms with Gasteiger partial charge in [-0.1, -0.05) is 6.92 Å². The minimum atomic E-state index is -0.694. The molecule has 100 valence electrons. The number of hydrogen-bond acceptors (Lipinski definition) is 3. The molecule has 0 atom stereocenters. The lowest BCUT2D eigenvalue weighted by Crippen LogP contribution is -2.01. The van der Waals surface area contributed by atoms with E-state index in [1.165, 1.54) is 0 Å². The summed E-state index contributed by atoms with van der Waals surface area (Å²) in [6.45, 7) is 2.30. The topological polar surface area (TPSA) is 48.1 Å². The van der Waals surface area contributed by atoms with Crippen LogP contribution in [-0.2, 0) is 13.0 Å². The van der Waals surface area contributed by atoms with Gasteiger partial charge in [0.05, 0.1) is 0 Å². The van der Waals surface area contributed by atoms with Crippen LogP contribution in [0.2, 0.25) is 0 Å². The van der Waals surface area contributed by atoms with Gasteiger partial charge in [0.2, 0.25) is 5.88 Å². The largest absolute Gasteiger partial charge is 0.439 e. The van der Waals surface area contributed by atoms with Crippen LogP contribution in [0.15, 0.2) is 30.3 Å². The van der Waals surface area contributed by atoms with Crippen molar-refractivity contribution in [2.24, 2.45) is 5.73 Å². The van der Waals surface area contributed by atoms with Crippen LogP contribution in [0.3, 0.4) is 0 Å². The molecule has 0 aliphatic rings. The highest BCUT2D eigenvalue weighted by Crippen LogP contribution is 2.23. The van der Waals surface area contributed by atoms with E-state index >= 15 is 0 Å². The molecular formula is C14H14F2N2O. The molecule has 0 fully saturated rings. The molecule has 0 amide bonds. The minimum Gasteiger partial charge on any atom is -0.439 e. The molecule has 3 nitrogen and oxygen atoms in total. The highest BCUT2D eigenvalue weighted by molar-refractivity contribution is 5.31. The number of benzene rings is 1. The molecule has 5 heteroatoms. The average Bonchev–Trinajstić information content (AvgIpc) is 2.37. The molecule has 1 aromatic heterocycles. The second kappa shape index (κ2) is 5.75. The zero-order chi connectivity index (χ0) is 13.8. The summed E-state index contributed by atoms with van der Waals surface area (Å²) < 4.78 is 31.5. The first-order chi connectivity index (χ1) is 9.10. The summed E-state index contributed by atoms with van der Waals surface area (Å²) in [5.74, 6) is -1.03. The fraction of sp³-hybridized carbons (Fsp3) is 0.214. The highest BCUT2D eigenvalue weighted by Gasteiger charge is 2.06. The molecule has 0 saturated carbocycles. The molecule has 0 unspecified atom stereocenters. The standard InChI is InChI=1S/C14H14F2N2O/c1-2-12-3-9(8-17)4-14(18-12)19-13-6-10(15)5-11(16)7-13/h3-7H,2,8,17H2,1H3. The lowest BCUT2D eigenvalue weighted by molar-refractivity contribution is 0.449. The molecule has 0 radical (unpaired) electrons. The van der Waals surface area contributed by atoms with Crippen molar-refractivity contribution in [1.29, 1.82) is 0 Å². The van der Waals surface area contributed by atoms with E-state index in [-0.39, 0.29) is 11.6 Å². The third-order valence-electron chi connectivity index (χ3n) is 2.57. The number of pyridine rings is 1. The lowest BCUT2D eigenvalue weighted by Gasteiger charge is -2.08. The molecule has 1 aromatic carbocycles. The van der Waals surface area contributed by atoms with Gasteiger partial charge in [0.25, 0.3) is 0 Å².